The molecule has 0 saturated carbocycles. The number of unbranched alkanes of at least 4 members (excludes halogenated alkanes) is 2. The highest BCUT2D eigenvalue weighted by atomic mass is 16.7. The first-order valence-corrected chi connectivity index (χ1v) is 6.29. The first kappa shape index (κ1) is 14.9. The van der Waals surface area contributed by atoms with Crippen LogP contribution < -0.4 is 5.32 Å². The number of ether oxygens (including phenoxy) is 2. The Kier molecular flexibility index (Phi) is 11.9. The number of hydrogen-bond acceptors (Lipinski definition) is 3. The summed E-state index contributed by atoms with van der Waals surface area (Å²) in [5, 5.41) is 3.41. The van der Waals surface area contributed by atoms with Crippen LogP contribution in [0.5, 0.6) is 0 Å². The lowest BCUT2D eigenvalue weighted by molar-refractivity contribution is -0.138. The summed E-state index contributed by atoms with van der Waals surface area (Å²) in [7, 11) is 0. The Morgan fingerprint density at radius 2 is 1.60 bits per heavy atom. The molecule has 0 amide bonds. The van der Waals surface area contributed by atoms with Gasteiger partial charge in [0.1, 0.15) is 0 Å². The highest BCUT2D eigenvalue weighted by Crippen LogP contribution is 2.00. The highest BCUT2D eigenvalue weighted by molar-refractivity contribution is 4.52. The van der Waals surface area contributed by atoms with Gasteiger partial charge in [0.2, 0.25) is 0 Å². The second-order valence-corrected chi connectivity index (χ2v) is 3.59. The molecule has 92 valence electrons. The van der Waals surface area contributed by atoms with Crippen molar-refractivity contribution in [1.29, 1.82) is 0 Å². The summed E-state index contributed by atoms with van der Waals surface area (Å²) in [4.78, 5) is 0. The SMILES string of the molecule is CCCCCNCCC(OCC)OCC. The third-order valence-corrected chi connectivity index (χ3v) is 2.22. The Morgan fingerprint density at radius 3 is 2.13 bits per heavy atom. The molecule has 0 radical (unpaired) electrons. The van der Waals surface area contributed by atoms with E-state index in [1.165, 1.54) is 19.3 Å². The molecule has 3 nitrogen and oxygen atoms in total. The van der Waals surface area contributed by atoms with Gasteiger partial charge in [0.05, 0.1) is 0 Å². The van der Waals surface area contributed by atoms with Crippen molar-refractivity contribution in [3.8, 4) is 0 Å². The van der Waals surface area contributed by atoms with Crippen molar-refractivity contribution in [2.45, 2.75) is 52.7 Å². The average molecular weight is 217 g/mol. The molecule has 0 aromatic carbocycles. The Balaban J connectivity index is 3.28. The topological polar surface area (TPSA) is 30.5 Å². The summed E-state index contributed by atoms with van der Waals surface area (Å²) in [6.45, 7) is 9.76. The van der Waals surface area contributed by atoms with Crippen LogP contribution in [-0.4, -0.2) is 32.6 Å². The van der Waals surface area contributed by atoms with Gasteiger partial charge in [-0.25, -0.2) is 0 Å². The van der Waals surface area contributed by atoms with Gasteiger partial charge in [0, 0.05) is 19.6 Å². The van der Waals surface area contributed by atoms with Gasteiger partial charge in [-0.3, -0.25) is 0 Å². The molecule has 0 aromatic heterocycles. The van der Waals surface area contributed by atoms with E-state index in [-0.39, 0.29) is 6.29 Å². The smallest absolute Gasteiger partial charge is 0.158 e. The largest absolute Gasteiger partial charge is 0.353 e. The molecular weight excluding hydrogens is 190 g/mol. The van der Waals surface area contributed by atoms with Crippen LogP contribution in [0.3, 0.4) is 0 Å². The maximum absolute atomic E-state index is 5.45. The summed E-state index contributed by atoms with van der Waals surface area (Å²) < 4.78 is 10.9. The molecule has 0 rings (SSSR count). The lowest BCUT2D eigenvalue weighted by Crippen LogP contribution is -2.25. The molecule has 3 heteroatoms. The monoisotopic (exact) mass is 217 g/mol. The predicted molar refractivity (Wildman–Crippen MR) is 64.1 cm³/mol. The quantitative estimate of drug-likeness (QED) is 0.426. The molecule has 1 N–H and O–H groups in total. The third kappa shape index (κ3) is 10.2. The molecule has 0 unspecified atom stereocenters. The van der Waals surface area contributed by atoms with Crippen LogP contribution in [0.4, 0.5) is 0 Å². The standard InChI is InChI=1S/C12H27NO2/c1-4-7-8-10-13-11-9-12(14-5-2)15-6-3/h12-13H,4-11H2,1-3H3. The van der Waals surface area contributed by atoms with Gasteiger partial charge in [-0.1, -0.05) is 19.8 Å². The summed E-state index contributed by atoms with van der Waals surface area (Å²) in [5.41, 5.74) is 0. The molecule has 0 fully saturated rings. The second-order valence-electron chi connectivity index (χ2n) is 3.59. The lowest BCUT2D eigenvalue weighted by atomic mass is 10.2. The van der Waals surface area contributed by atoms with Crippen molar-refractivity contribution in [3.63, 3.8) is 0 Å². The maximum Gasteiger partial charge on any atom is 0.158 e. The maximum atomic E-state index is 5.45. The van der Waals surface area contributed by atoms with Crippen LogP contribution in [0.25, 0.3) is 0 Å². The average Bonchev–Trinajstić information content (AvgIpc) is 2.24. The molecular formula is C12H27NO2. The van der Waals surface area contributed by atoms with Crippen LogP contribution in [0.15, 0.2) is 0 Å². The van der Waals surface area contributed by atoms with E-state index in [0.717, 1.165) is 32.7 Å². The van der Waals surface area contributed by atoms with Crippen LogP contribution in [0.2, 0.25) is 0 Å². The van der Waals surface area contributed by atoms with Gasteiger partial charge < -0.3 is 14.8 Å². The first-order valence-electron chi connectivity index (χ1n) is 6.29. The van der Waals surface area contributed by atoms with E-state index in [2.05, 4.69) is 12.2 Å². The minimum Gasteiger partial charge on any atom is -0.353 e. The van der Waals surface area contributed by atoms with Gasteiger partial charge in [-0.05, 0) is 33.4 Å². The van der Waals surface area contributed by atoms with E-state index in [0.29, 0.717) is 0 Å². The minimum absolute atomic E-state index is 0.0290. The molecule has 0 saturated heterocycles. The Hall–Kier alpha value is -0.120. The summed E-state index contributed by atoms with van der Waals surface area (Å²) in [6, 6.07) is 0. The zero-order valence-electron chi connectivity index (χ0n) is 10.6. The van der Waals surface area contributed by atoms with Gasteiger partial charge in [-0.2, -0.15) is 0 Å². The van der Waals surface area contributed by atoms with Gasteiger partial charge in [-0.15, -0.1) is 0 Å². The van der Waals surface area contributed by atoms with Crippen LogP contribution in [0.1, 0.15) is 46.5 Å². The van der Waals surface area contributed by atoms with Crippen molar-refractivity contribution < 1.29 is 9.47 Å². The number of hydrogen-bond donors (Lipinski definition) is 1. The highest BCUT2D eigenvalue weighted by Gasteiger charge is 2.06. The first-order chi connectivity index (χ1) is 7.35. The number of nitrogens with one attached hydrogen (secondary N) is 1. The normalized spacial score (nSPS) is 11.2. The van der Waals surface area contributed by atoms with Crippen molar-refractivity contribution in [3.05, 3.63) is 0 Å². The molecule has 0 atom stereocenters. The molecule has 0 spiro atoms. The van der Waals surface area contributed by atoms with Crippen molar-refractivity contribution >= 4 is 0 Å². The molecule has 0 bridgehead atoms. The van der Waals surface area contributed by atoms with Crippen LogP contribution in [-0.2, 0) is 9.47 Å². The predicted octanol–water partition coefficient (Wildman–Crippen LogP) is 2.56. The molecule has 15 heavy (non-hydrogen) atoms. The Labute approximate surface area is 94.5 Å². The van der Waals surface area contributed by atoms with E-state index >= 15 is 0 Å². The molecule has 0 aliphatic rings. The molecule has 0 aromatic rings. The summed E-state index contributed by atoms with van der Waals surface area (Å²) in [6.07, 6.45) is 4.77. The molecule has 0 aliphatic heterocycles. The second kappa shape index (κ2) is 12.0. The van der Waals surface area contributed by atoms with E-state index in [1.54, 1.807) is 0 Å². The van der Waals surface area contributed by atoms with Crippen molar-refractivity contribution in [2.24, 2.45) is 0 Å². The Morgan fingerprint density at radius 1 is 0.933 bits per heavy atom. The lowest BCUT2D eigenvalue weighted by Gasteiger charge is -2.16. The van der Waals surface area contributed by atoms with E-state index in [9.17, 15) is 0 Å². The zero-order valence-corrected chi connectivity index (χ0v) is 10.6. The van der Waals surface area contributed by atoms with Crippen LogP contribution in [0, 0.1) is 0 Å². The van der Waals surface area contributed by atoms with Gasteiger partial charge in [0.15, 0.2) is 6.29 Å². The fourth-order valence-electron chi connectivity index (χ4n) is 1.43. The van der Waals surface area contributed by atoms with Gasteiger partial charge in [0.25, 0.3) is 0 Å². The van der Waals surface area contributed by atoms with Crippen molar-refractivity contribution in [2.75, 3.05) is 26.3 Å². The summed E-state index contributed by atoms with van der Waals surface area (Å²) >= 11 is 0. The fraction of sp³-hybridized carbons (Fsp3) is 1.00. The molecule has 0 heterocycles. The van der Waals surface area contributed by atoms with E-state index in [4.69, 9.17) is 9.47 Å². The zero-order chi connectivity index (χ0) is 11.4. The number of rotatable bonds is 11. The fourth-order valence-corrected chi connectivity index (χ4v) is 1.43. The summed E-state index contributed by atoms with van der Waals surface area (Å²) in [5.74, 6) is 0. The van der Waals surface area contributed by atoms with Crippen LogP contribution >= 0.6 is 0 Å². The van der Waals surface area contributed by atoms with Gasteiger partial charge >= 0.3 is 0 Å². The van der Waals surface area contributed by atoms with E-state index in [1.807, 2.05) is 13.8 Å². The minimum atomic E-state index is -0.0290. The molecule has 0 aliphatic carbocycles. The third-order valence-electron chi connectivity index (χ3n) is 2.22. The van der Waals surface area contributed by atoms with Crippen molar-refractivity contribution in [1.82, 2.24) is 5.32 Å². The Bertz CT molecular complexity index is 114. The van der Waals surface area contributed by atoms with E-state index < -0.39 is 0 Å².